The maximum Gasteiger partial charge on any atom is 0.330 e. The van der Waals surface area contributed by atoms with Crippen molar-refractivity contribution < 1.29 is 18.7 Å². The molecular weight excluding hydrogens is 343 g/mol. The van der Waals surface area contributed by atoms with Gasteiger partial charge in [0, 0.05) is 6.08 Å². The van der Waals surface area contributed by atoms with Gasteiger partial charge in [-0.2, -0.15) is 0 Å². The molecule has 144 valence electrons. The molecule has 0 radical (unpaired) electrons. The number of hydrogen-bond donors (Lipinski definition) is 0. The Morgan fingerprint density at radius 1 is 0.889 bits per heavy atom. The molecular formula is C23H27FO3. The second kappa shape index (κ2) is 11.9. The number of esters is 1. The Balaban J connectivity index is 1.80. The summed E-state index contributed by atoms with van der Waals surface area (Å²) in [7, 11) is 1.36. The highest BCUT2D eigenvalue weighted by Gasteiger charge is 2.00. The third-order valence-electron chi connectivity index (χ3n) is 4.26. The van der Waals surface area contributed by atoms with E-state index in [2.05, 4.69) is 4.74 Å². The van der Waals surface area contributed by atoms with Crippen LogP contribution in [0.5, 0.6) is 5.75 Å². The summed E-state index contributed by atoms with van der Waals surface area (Å²) in [6, 6.07) is 16.0. The molecule has 0 unspecified atom stereocenters. The fourth-order valence-corrected chi connectivity index (χ4v) is 2.68. The van der Waals surface area contributed by atoms with Gasteiger partial charge >= 0.3 is 5.97 Å². The van der Waals surface area contributed by atoms with Gasteiger partial charge in [-0.05, 0) is 47.7 Å². The molecule has 0 amide bonds. The van der Waals surface area contributed by atoms with E-state index in [0.29, 0.717) is 13.0 Å². The van der Waals surface area contributed by atoms with Gasteiger partial charge in [0.1, 0.15) is 5.75 Å². The van der Waals surface area contributed by atoms with Crippen LogP contribution in [0.1, 0.15) is 37.7 Å². The molecule has 0 saturated heterocycles. The average Bonchev–Trinajstić information content (AvgIpc) is 2.72. The lowest BCUT2D eigenvalue weighted by Gasteiger charge is -2.08. The summed E-state index contributed by atoms with van der Waals surface area (Å²) in [4.78, 5) is 11.1. The number of halogens is 1. The summed E-state index contributed by atoms with van der Waals surface area (Å²) in [6.07, 6.45) is 7.90. The topological polar surface area (TPSA) is 35.5 Å². The fraction of sp³-hybridized carbons (Fsp3) is 0.348. The molecule has 27 heavy (non-hydrogen) atoms. The highest BCUT2D eigenvalue weighted by atomic mass is 19.1. The molecule has 0 bridgehead atoms. The van der Waals surface area contributed by atoms with Crippen molar-refractivity contribution in [1.29, 1.82) is 0 Å². The average molecular weight is 370 g/mol. The van der Waals surface area contributed by atoms with E-state index in [1.807, 2.05) is 48.5 Å². The lowest BCUT2D eigenvalue weighted by molar-refractivity contribution is -0.134. The van der Waals surface area contributed by atoms with Gasteiger partial charge < -0.3 is 9.47 Å². The first kappa shape index (κ1) is 20.7. The van der Waals surface area contributed by atoms with Crippen molar-refractivity contribution in [1.82, 2.24) is 0 Å². The van der Waals surface area contributed by atoms with Gasteiger partial charge in [-0.1, -0.05) is 55.7 Å². The zero-order valence-corrected chi connectivity index (χ0v) is 15.8. The maximum absolute atomic E-state index is 12.0. The number of hydrogen-bond acceptors (Lipinski definition) is 3. The first-order chi connectivity index (χ1) is 13.2. The highest BCUT2D eigenvalue weighted by molar-refractivity contribution is 5.87. The van der Waals surface area contributed by atoms with Crippen molar-refractivity contribution in [2.45, 2.75) is 32.1 Å². The summed E-state index contributed by atoms with van der Waals surface area (Å²) in [5, 5.41) is 0. The van der Waals surface area contributed by atoms with Crippen LogP contribution in [0.25, 0.3) is 17.2 Å². The van der Waals surface area contributed by atoms with Crippen molar-refractivity contribution in [3.8, 4) is 16.9 Å². The number of alkyl halides is 1. The Bertz CT molecular complexity index is 705. The van der Waals surface area contributed by atoms with Gasteiger partial charge in [0.15, 0.2) is 0 Å². The molecule has 2 rings (SSSR count). The molecule has 0 N–H and O–H groups in total. The number of ether oxygens (including phenoxy) is 2. The van der Waals surface area contributed by atoms with Crippen molar-refractivity contribution >= 4 is 12.0 Å². The Hall–Kier alpha value is -2.62. The Labute approximate surface area is 160 Å². The highest BCUT2D eigenvalue weighted by Crippen LogP contribution is 2.23. The van der Waals surface area contributed by atoms with E-state index in [0.717, 1.165) is 48.1 Å². The molecule has 0 atom stereocenters. The zero-order valence-electron chi connectivity index (χ0n) is 15.8. The van der Waals surface area contributed by atoms with Gasteiger partial charge in [-0.25, -0.2) is 4.79 Å². The van der Waals surface area contributed by atoms with E-state index in [-0.39, 0.29) is 12.6 Å². The summed E-state index contributed by atoms with van der Waals surface area (Å²) in [6.45, 7) is 0.478. The largest absolute Gasteiger partial charge is 0.494 e. The van der Waals surface area contributed by atoms with Crippen LogP contribution < -0.4 is 4.74 Å². The fourth-order valence-electron chi connectivity index (χ4n) is 2.68. The number of methoxy groups -OCH3 is 1. The van der Waals surface area contributed by atoms with Crippen LogP contribution >= 0.6 is 0 Å². The summed E-state index contributed by atoms with van der Waals surface area (Å²) in [5.41, 5.74) is 3.15. The van der Waals surface area contributed by atoms with Gasteiger partial charge in [0.05, 0.1) is 20.4 Å². The van der Waals surface area contributed by atoms with Crippen molar-refractivity contribution in [3.05, 3.63) is 60.2 Å². The SMILES string of the molecule is COC(=O)/C=C/c1ccc(-c2ccc(OCCCCCCCF)cc2)cc1. The van der Waals surface area contributed by atoms with E-state index >= 15 is 0 Å². The minimum Gasteiger partial charge on any atom is -0.494 e. The monoisotopic (exact) mass is 370 g/mol. The van der Waals surface area contributed by atoms with Gasteiger partial charge in [0.2, 0.25) is 0 Å². The predicted octanol–water partition coefficient (Wildman–Crippen LogP) is 5.84. The Morgan fingerprint density at radius 2 is 1.48 bits per heavy atom. The number of carbonyl (C=O) groups is 1. The zero-order chi connectivity index (χ0) is 19.3. The van der Waals surface area contributed by atoms with Crippen molar-refractivity contribution in [2.75, 3.05) is 20.4 Å². The van der Waals surface area contributed by atoms with E-state index in [1.54, 1.807) is 6.08 Å². The molecule has 4 heteroatoms. The molecule has 0 spiro atoms. The number of benzene rings is 2. The number of unbranched alkanes of at least 4 members (excludes halogenated alkanes) is 4. The quantitative estimate of drug-likeness (QED) is 0.283. The first-order valence-electron chi connectivity index (χ1n) is 9.38. The summed E-state index contributed by atoms with van der Waals surface area (Å²) < 4.78 is 22.3. The van der Waals surface area contributed by atoms with E-state index in [4.69, 9.17) is 4.74 Å². The van der Waals surface area contributed by atoms with Crippen LogP contribution in [0.4, 0.5) is 4.39 Å². The molecule has 0 aliphatic heterocycles. The normalized spacial score (nSPS) is 10.9. The molecule has 0 aliphatic rings. The van der Waals surface area contributed by atoms with Gasteiger partial charge in [0.25, 0.3) is 0 Å². The second-order valence-electron chi connectivity index (χ2n) is 6.31. The smallest absolute Gasteiger partial charge is 0.330 e. The van der Waals surface area contributed by atoms with Crippen LogP contribution in [-0.4, -0.2) is 26.4 Å². The number of rotatable bonds is 11. The first-order valence-corrected chi connectivity index (χ1v) is 9.38. The number of carbonyl (C=O) groups excluding carboxylic acids is 1. The van der Waals surface area contributed by atoms with Crippen LogP contribution in [0.2, 0.25) is 0 Å². The molecule has 2 aromatic carbocycles. The van der Waals surface area contributed by atoms with Crippen LogP contribution in [0.3, 0.4) is 0 Å². The van der Waals surface area contributed by atoms with Crippen molar-refractivity contribution in [2.24, 2.45) is 0 Å². The lowest BCUT2D eigenvalue weighted by Crippen LogP contribution is -1.97. The summed E-state index contributed by atoms with van der Waals surface area (Å²) in [5.74, 6) is 0.495. The van der Waals surface area contributed by atoms with Gasteiger partial charge in [-0.3, -0.25) is 4.39 Å². The molecule has 0 saturated carbocycles. The standard InChI is InChI=1S/C23H27FO3/c1-26-23(25)16-9-19-7-10-20(11-8-19)21-12-14-22(15-13-21)27-18-6-4-2-3-5-17-24/h7-16H,2-6,17-18H2,1H3/b16-9+. The third kappa shape index (κ3) is 7.65. The Kier molecular flexibility index (Phi) is 9.11. The summed E-state index contributed by atoms with van der Waals surface area (Å²) >= 11 is 0. The maximum atomic E-state index is 12.0. The lowest BCUT2D eigenvalue weighted by atomic mass is 10.0. The molecule has 0 fully saturated rings. The Morgan fingerprint density at radius 3 is 2.11 bits per heavy atom. The molecule has 0 aromatic heterocycles. The van der Waals surface area contributed by atoms with Gasteiger partial charge in [-0.15, -0.1) is 0 Å². The van der Waals surface area contributed by atoms with E-state index in [1.165, 1.54) is 13.2 Å². The molecule has 0 heterocycles. The molecule has 0 aliphatic carbocycles. The van der Waals surface area contributed by atoms with Crippen LogP contribution in [0.15, 0.2) is 54.6 Å². The molecule has 3 nitrogen and oxygen atoms in total. The van der Waals surface area contributed by atoms with E-state index in [9.17, 15) is 9.18 Å². The molecule has 2 aromatic rings. The van der Waals surface area contributed by atoms with E-state index < -0.39 is 0 Å². The van der Waals surface area contributed by atoms with Crippen molar-refractivity contribution in [3.63, 3.8) is 0 Å². The van der Waals surface area contributed by atoms with Crippen LogP contribution in [-0.2, 0) is 9.53 Å². The van der Waals surface area contributed by atoms with Crippen LogP contribution in [0, 0.1) is 0 Å². The predicted molar refractivity (Wildman–Crippen MR) is 107 cm³/mol. The third-order valence-corrected chi connectivity index (χ3v) is 4.26. The minimum atomic E-state index is -0.366. The second-order valence-corrected chi connectivity index (χ2v) is 6.31. The minimum absolute atomic E-state index is 0.213.